The lowest BCUT2D eigenvalue weighted by molar-refractivity contribution is -0.164. The second-order valence-corrected chi connectivity index (χ2v) is 8.63. The third kappa shape index (κ3) is 1.79. The SMILES string of the molecule is C[C@H]1[C@@H]2[C@@H]3[C@H](C[C@@H]2O[C@@H]1C)C(=O)C[C@H]1C(=O)C[C@@H](C)C(=O)[C@]31C. The first-order valence-corrected chi connectivity index (χ1v) is 9.02. The van der Waals surface area contributed by atoms with Crippen molar-refractivity contribution in [2.45, 2.75) is 59.2 Å². The van der Waals surface area contributed by atoms with Crippen LogP contribution in [0.1, 0.15) is 47.0 Å². The lowest BCUT2D eigenvalue weighted by Gasteiger charge is -2.52. The molecule has 4 nitrogen and oxygen atoms in total. The Morgan fingerprint density at radius 3 is 2.43 bits per heavy atom. The van der Waals surface area contributed by atoms with Gasteiger partial charge in [-0.3, -0.25) is 14.4 Å². The van der Waals surface area contributed by atoms with E-state index in [0.29, 0.717) is 12.3 Å². The second kappa shape index (κ2) is 4.75. The molecule has 23 heavy (non-hydrogen) atoms. The Kier molecular flexibility index (Phi) is 3.20. The number of fused-ring (bicyclic) bond motifs is 5. The minimum Gasteiger partial charge on any atom is -0.375 e. The maximum atomic E-state index is 13.1. The molecule has 0 aromatic rings. The second-order valence-electron chi connectivity index (χ2n) is 8.63. The van der Waals surface area contributed by atoms with Crippen molar-refractivity contribution in [3.05, 3.63) is 0 Å². The summed E-state index contributed by atoms with van der Waals surface area (Å²) >= 11 is 0. The molecule has 0 aromatic carbocycles. The van der Waals surface area contributed by atoms with E-state index in [9.17, 15) is 14.4 Å². The van der Waals surface area contributed by atoms with Crippen molar-refractivity contribution in [3.63, 3.8) is 0 Å². The Morgan fingerprint density at radius 2 is 1.74 bits per heavy atom. The van der Waals surface area contributed by atoms with E-state index in [1.165, 1.54) is 0 Å². The summed E-state index contributed by atoms with van der Waals surface area (Å²) in [5.74, 6) is 0.347. The summed E-state index contributed by atoms with van der Waals surface area (Å²) in [7, 11) is 0. The molecule has 0 spiro atoms. The number of carbonyl (C=O) groups is 3. The smallest absolute Gasteiger partial charge is 0.143 e. The fourth-order valence-corrected chi connectivity index (χ4v) is 6.38. The van der Waals surface area contributed by atoms with Gasteiger partial charge in [0, 0.05) is 36.0 Å². The summed E-state index contributed by atoms with van der Waals surface area (Å²) in [4.78, 5) is 38.5. The molecule has 0 aromatic heterocycles. The van der Waals surface area contributed by atoms with Crippen LogP contribution >= 0.6 is 0 Å². The molecule has 0 amide bonds. The lowest BCUT2D eigenvalue weighted by atomic mass is 9.48. The highest BCUT2D eigenvalue weighted by atomic mass is 16.5. The van der Waals surface area contributed by atoms with Crippen LogP contribution in [-0.4, -0.2) is 29.6 Å². The van der Waals surface area contributed by atoms with Crippen LogP contribution in [-0.2, 0) is 19.1 Å². The van der Waals surface area contributed by atoms with E-state index in [2.05, 4.69) is 13.8 Å². The van der Waals surface area contributed by atoms with Gasteiger partial charge in [-0.05, 0) is 31.1 Å². The maximum absolute atomic E-state index is 13.1. The molecule has 0 radical (unpaired) electrons. The number of rotatable bonds is 0. The van der Waals surface area contributed by atoms with E-state index < -0.39 is 11.3 Å². The van der Waals surface area contributed by atoms with Gasteiger partial charge in [-0.1, -0.05) is 20.8 Å². The van der Waals surface area contributed by atoms with E-state index in [1.54, 1.807) is 0 Å². The molecule has 0 N–H and O–H groups in total. The third-order valence-electron chi connectivity index (χ3n) is 7.61. The standard InChI is InChI=1S/C19H26O4/c1-8-5-14(21)12-7-13(20)11-6-15-16(9(2)10(3)23-15)17(11)19(12,4)18(8)22/h8-12,15-17H,5-7H2,1-4H3/t8-,9-,10-,11-,12+,15+,16+,17+,19+/m1/s1. The normalized spacial score (nSPS) is 55.6. The van der Waals surface area contributed by atoms with Crippen molar-refractivity contribution >= 4 is 17.3 Å². The minimum absolute atomic E-state index is 0.0158. The summed E-state index contributed by atoms with van der Waals surface area (Å²) in [5.41, 5.74) is -0.672. The molecule has 3 saturated carbocycles. The Hall–Kier alpha value is -1.03. The summed E-state index contributed by atoms with van der Waals surface area (Å²) in [5, 5.41) is 0. The molecule has 9 atom stereocenters. The van der Waals surface area contributed by atoms with Crippen LogP contribution in [0.5, 0.6) is 0 Å². The largest absolute Gasteiger partial charge is 0.375 e. The molecule has 0 bridgehead atoms. The van der Waals surface area contributed by atoms with Crippen molar-refractivity contribution in [2.75, 3.05) is 0 Å². The fraction of sp³-hybridized carbons (Fsp3) is 0.842. The van der Waals surface area contributed by atoms with Crippen molar-refractivity contribution in [3.8, 4) is 0 Å². The van der Waals surface area contributed by atoms with Crippen LogP contribution in [0.4, 0.5) is 0 Å². The van der Waals surface area contributed by atoms with Gasteiger partial charge in [-0.15, -0.1) is 0 Å². The van der Waals surface area contributed by atoms with Crippen LogP contribution in [0, 0.1) is 40.9 Å². The van der Waals surface area contributed by atoms with Gasteiger partial charge >= 0.3 is 0 Å². The molecular weight excluding hydrogens is 292 g/mol. The van der Waals surface area contributed by atoms with Gasteiger partial charge in [-0.25, -0.2) is 0 Å². The monoisotopic (exact) mass is 318 g/mol. The Balaban J connectivity index is 1.83. The van der Waals surface area contributed by atoms with Crippen LogP contribution in [0.15, 0.2) is 0 Å². The third-order valence-corrected chi connectivity index (χ3v) is 7.61. The zero-order chi connectivity index (χ0) is 16.7. The fourth-order valence-electron chi connectivity index (χ4n) is 6.38. The van der Waals surface area contributed by atoms with Gasteiger partial charge in [0.25, 0.3) is 0 Å². The summed E-state index contributed by atoms with van der Waals surface area (Å²) in [6.45, 7) is 8.11. The Morgan fingerprint density at radius 1 is 1.04 bits per heavy atom. The summed E-state index contributed by atoms with van der Waals surface area (Å²) < 4.78 is 6.10. The predicted molar refractivity (Wildman–Crippen MR) is 83.6 cm³/mol. The molecule has 126 valence electrons. The number of Topliss-reactive ketones (excluding diaryl/α,β-unsaturated/α-hetero) is 3. The van der Waals surface area contributed by atoms with Gasteiger partial charge in [0.15, 0.2) is 0 Å². The average molecular weight is 318 g/mol. The first-order valence-electron chi connectivity index (χ1n) is 9.02. The number of ketones is 3. The maximum Gasteiger partial charge on any atom is 0.143 e. The van der Waals surface area contributed by atoms with Gasteiger partial charge in [-0.2, -0.15) is 0 Å². The first kappa shape index (κ1) is 15.5. The topological polar surface area (TPSA) is 60.4 Å². The summed E-state index contributed by atoms with van der Waals surface area (Å²) in [6, 6.07) is 0. The Bertz CT molecular complexity index is 596. The van der Waals surface area contributed by atoms with Crippen LogP contribution < -0.4 is 0 Å². The molecule has 4 rings (SSSR count). The first-order chi connectivity index (χ1) is 10.8. The highest BCUT2D eigenvalue weighted by Crippen LogP contribution is 2.63. The molecule has 4 fully saturated rings. The van der Waals surface area contributed by atoms with Gasteiger partial charge in [0.2, 0.25) is 0 Å². The molecule has 1 aliphatic heterocycles. The molecule has 1 saturated heterocycles. The quantitative estimate of drug-likeness (QED) is 0.688. The average Bonchev–Trinajstić information content (AvgIpc) is 2.99. The predicted octanol–water partition coefficient (Wildman–Crippen LogP) is 2.44. The van der Waals surface area contributed by atoms with Crippen LogP contribution in [0.25, 0.3) is 0 Å². The van der Waals surface area contributed by atoms with Crippen molar-refractivity contribution in [1.29, 1.82) is 0 Å². The van der Waals surface area contributed by atoms with Gasteiger partial charge < -0.3 is 4.74 Å². The lowest BCUT2D eigenvalue weighted by Crippen LogP contribution is -2.59. The van der Waals surface area contributed by atoms with E-state index in [4.69, 9.17) is 4.74 Å². The van der Waals surface area contributed by atoms with Crippen molar-refractivity contribution < 1.29 is 19.1 Å². The van der Waals surface area contributed by atoms with Gasteiger partial charge in [0.05, 0.1) is 12.2 Å². The number of ether oxygens (including phenoxy) is 1. The van der Waals surface area contributed by atoms with Gasteiger partial charge in [0.1, 0.15) is 17.3 Å². The molecule has 0 unspecified atom stereocenters. The summed E-state index contributed by atoms with van der Waals surface area (Å²) in [6.07, 6.45) is 1.55. The number of hydrogen-bond donors (Lipinski definition) is 0. The van der Waals surface area contributed by atoms with Crippen molar-refractivity contribution in [2.24, 2.45) is 40.9 Å². The zero-order valence-electron chi connectivity index (χ0n) is 14.4. The van der Waals surface area contributed by atoms with E-state index >= 15 is 0 Å². The van der Waals surface area contributed by atoms with Crippen molar-refractivity contribution in [1.82, 2.24) is 0 Å². The molecule has 4 aliphatic rings. The zero-order valence-corrected chi connectivity index (χ0v) is 14.4. The molecule has 1 heterocycles. The highest BCUT2D eigenvalue weighted by Gasteiger charge is 2.68. The minimum atomic E-state index is -0.672. The van der Waals surface area contributed by atoms with E-state index in [0.717, 1.165) is 6.42 Å². The van der Waals surface area contributed by atoms with E-state index in [-0.39, 0.29) is 59.7 Å². The molecule has 4 heteroatoms. The molecular formula is C19H26O4. The van der Waals surface area contributed by atoms with Crippen LogP contribution in [0.3, 0.4) is 0 Å². The van der Waals surface area contributed by atoms with Crippen LogP contribution in [0.2, 0.25) is 0 Å². The Labute approximate surface area is 137 Å². The van der Waals surface area contributed by atoms with E-state index in [1.807, 2.05) is 13.8 Å². The molecule has 3 aliphatic carbocycles. The number of carbonyl (C=O) groups excluding carboxylic acids is 3. The number of hydrogen-bond acceptors (Lipinski definition) is 4. The highest BCUT2D eigenvalue weighted by molar-refractivity contribution is 6.04.